The Labute approximate surface area is 322 Å². The number of benzene rings is 8. The molecule has 1 aliphatic carbocycles. The smallest absolute Gasteiger partial charge is 0.156 e. The molecule has 12 rings (SSSR count). The van der Waals surface area contributed by atoms with Crippen molar-refractivity contribution in [1.29, 1.82) is 0 Å². The van der Waals surface area contributed by atoms with E-state index in [0.29, 0.717) is 0 Å². The number of fused-ring (bicyclic) bond motifs is 9. The van der Waals surface area contributed by atoms with Crippen molar-refractivity contribution in [3.63, 3.8) is 0 Å². The zero-order chi connectivity index (χ0) is 36.1. The van der Waals surface area contributed by atoms with Gasteiger partial charge in [0.15, 0.2) is 5.65 Å². The van der Waals surface area contributed by atoms with Gasteiger partial charge in [-0.1, -0.05) is 158 Å². The van der Waals surface area contributed by atoms with E-state index in [9.17, 15) is 0 Å². The third-order valence-corrected chi connectivity index (χ3v) is 13.0. The van der Waals surface area contributed by atoms with Crippen LogP contribution in [0.1, 0.15) is 22.3 Å². The largest absolute Gasteiger partial charge is 0.291 e. The van der Waals surface area contributed by atoms with Crippen molar-refractivity contribution in [2.75, 3.05) is 0 Å². The quantitative estimate of drug-likeness (QED) is 0.177. The second-order valence-corrected chi connectivity index (χ2v) is 15.7. The molecule has 0 N–H and O–H groups in total. The van der Waals surface area contributed by atoms with Gasteiger partial charge in [0.05, 0.1) is 26.8 Å². The molecule has 3 heterocycles. The summed E-state index contributed by atoms with van der Waals surface area (Å²) in [5.41, 5.74) is 15.2. The van der Waals surface area contributed by atoms with Crippen LogP contribution in [0.5, 0.6) is 0 Å². The molecule has 0 spiro atoms. The van der Waals surface area contributed by atoms with Crippen LogP contribution in [0, 0.1) is 0 Å². The Morgan fingerprint density at radius 2 is 1.15 bits per heavy atom. The van der Waals surface area contributed by atoms with Gasteiger partial charge in [0, 0.05) is 15.5 Å². The van der Waals surface area contributed by atoms with Crippen LogP contribution in [0.2, 0.25) is 0 Å². The minimum absolute atomic E-state index is 0.452. The molecule has 11 aromatic rings. The van der Waals surface area contributed by atoms with Crippen molar-refractivity contribution in [1.82, 2.24) is 9.38 Å². The fourth-order valence-electron chi connectivity index (χ4n) is 9.52. The van der Waals surface area contributed by atoms with E-state index in [1.54, 1.807) is 0 Å². The third-order valence-electron chi connectivity index (χ3n) is 11.8. The van der Waals surface area contributed by atoms with E-state index < -0.39 is 5.41 Å². The van der Waals surface area contributed by atoms with E-state index in [1.165, 1.54) is 81.0 Å². The first-order valence-electron chi connectivity index (χ1n) is 18.9. The van der Waals surface area contributed by atoms with Crippen molar-refractivity contribution >= 4 is 59.0 Å². The molecule has 3 heteroatoms. The predicted octanol–water partition coefficient (Wildman–Crippen LogP) is 13.7. The lowest BCUT2D eigenvalue weighted by Crippen LogP contribution is -2.33. The van der Waals surface area contributed by atoms with Gasteiger partial charge < -0.3 is 0 Å². The molecule has 0 radical (unpaired) electrons. The molecule has 0 saturated heterocycles. The van der Waals surface area contributed by atoms with Gasteiger partial charge in [0.25, 0.3) is 0 Å². The summed E-state index contributed by atoms with van der Waals surface area (Å²) in [5.74, 6) is 0. The standard InChI is InChI=1S/C52H32N2S/c1-3-15-37(16-4-1)52(38-17-5-2-6-18-38)43-21-9-7-19-39(43)41-31-36(30-35-14-13-22-44(52)49(35)41)33-26-28-34(29-27-33)47-32-42-40-20-8-12-25-48(40)55-50(42)51-53-45-23-10-11-24-46(45)54(47)51/h1-32H. The van der Waals surface area contributed by atoms with Crippen LogP contribution in [0.25, 0.3) is 81.1 Å². The SMILES string of the molecule is c1ccc(C2(c3ccccc3)c3ccccc3-c3cc(-c4ccc(-c5cc6c7ccccc7sc6c6nc7ccccc7n56)cc4)cc4cccc2c34)cc1. The van der Waals surface area contributed by atoms with E-state index in [-0.39, 0.29) is 0 Å². The van der Waals surface area contributed by atoms with Gasteiger partial charge in [0.1, 0.15) is 0 Å². The van der Waals surface area contributed by atoms with E-state index in [4.69, 9.17) is 4.98 Å². The van der Waals surface area contributed by atoms with E-state index >= 15 is 0 Å². The summed E-state index contributed by atoms with van der Waals surface area (Å²) >= 11 is 1.83. The number of aromatic nitrogens is 2. The maximum absolute atomic E-state index is 5.19. The predicted molar refractivity (Wildman–Crippen MR) is 231 cm³/mol. The number of para-hydroxylation sites is 2. The molecule has 55 heavy (non-hydrogen) atoms. The highest BCUT2D eigenvalue weighted by Gasteiger charge is 2.44. The van der Waals surface area contributed by atoms with Gasteiger partial charge >= 0.3 is 0 Å². The average Bonchev–Trinajstić information content (AvgIpc) is 3.84. The van der Waals surface area contributed by atoms with E-state index in [2.05, 4.69) is 199 Å². The zero-order valence-corrected chi connectivity index (χ0v) is 30.6. The summed E-state index contributed by atoms with van der Waals surface area (Å²) < 4.78 is 4.87. The molecule has 0 saturated carbocycles. The molecular weight excluding hydrogens is 685 g/mol. The highest BCUT2D eigenvalue weighted by Crippen LogP contribution is 2.56. The second-order valence-electron chi connectivity index (χ2n) is 14.7. The van der Waals surface area contributed by atoms with Gasteiger partial charge in [-0.05, 0) is 97.2 Å². The highest BCUT2D eigenvalue weighted by molar-refractivity contribution is 7.26. The van der Waals surface area contributed by atoms with E-state index in [1.807, 2.05) is 11.3 Å². The van der Waals surface area contributed by atoms with Gasteiger partial charge in [-0.25, -0.2) is 4.98 Å². The number of hydrogen-bond donors (Lipinski definition) is 0. The van der Waals surface area contributed by atoms with Gasteiger partial charge in [-0.2, -0.15) is 0 Å². The monoisotopic (exact) mass is 716 g/mol. The van der Waals surface area contributed by atoms with Crippen LogP contribution in [-0.4, -0.2) is 9.38 Å². The molecule has 0 aliphatic heterocycles. The maximum Gasteiger partial charge on any atom is 0.156 e. The van der Waals surface area contributed by atoms with Gasteiger partial charge in [-0.15, -0.1) is 11.3 Å². The first-order chi connectivity index (χ1) is 27.3. The van der Waals surface area contributed by atoms with Crippen molar-refractivity contribution in [2.45, 2.75) is 5.41 Å². The fraction of sp³-hybridized carbons (Fsp3) is 0.0192. The third kappa shape index (κ3) is 4.27. The van der Waals surface area contributed by atoms with E-state index in [0.717, 1.165) is 22.4 Å². The molecule has 256 valence electrons. The number of nitrogens with zero attached hydrogens (tertiary/aromatic N) is 2. The highest BCUT2D eigenvalue weighted by atomic mass is 32.1. The number of rotatable bonds is 4. The maximum atomic E-state index is 5.19. The van der Waals surface area contributed by atoms with Gasteiger partial charge in [-0.3, -0.25) is 4.40 Å². The Kier molecular flexibility index (Phi) is 6.46. The molecule has 0 bridgehead atoms. The van der Waals surface area contributed by atoms with Crippen LogP contribution in [0.15, 0.2) is 194 Å². The molecule has 0 amide bonds. The Balaban J connectivity index is 1.06. The first kappa shape index (κ1) is 30.6. The summed E-state index contributed by atoms with van der Waals surface area (Å²) in [6.45, 7) is 0. The van der Waals surface area contributed by atoms with Crippen molar-refractivity contribution < 1.29 is 0 Å². The van der Waals surface area contributed by atoms with Crippen molar-refractivity contribution in [3.8, 4) is 33.5 Å². The fourth-order valence-corrected chi connectivity index (χ4v) is 10.7. The Bertz CT molecular complexity index is 3260. The first-order valence-corrected chi connectivity index (χ1v) is 19.7. The van der Waals surface area contributed by atoms with Crippen LogP contribution in [-0.2, 0) is 5.41 Å². The topological polar surface area (TPSA) is 17.3 Å². The summed E-state index contributed by atoms with van der Waals surface area (Å²) in [4.78, 5) is 5.19. The normalized spacial score (nSPS) is 13.2. The number of pyridine rings is 1. The van der Waals surface area contributed by atoms with Crippen LogP contribution in [0.4, 0.5) is 0 Å². The van der Waals surface area contributed by atoms with Crippen LogP contribution in [0.3, 0.4) is 0 Å². The second kappa shape index (κ2) is 11.6. The minimum atomic E-state index is -0.452. The minimum Gasteiger partial charge on any atom is -0.291 e. The lowest BCUT2D eigenvalue weighted by molar-refractivity contribution is 0.750. The zero-order valence-electron chi connectivity index (χ0n) is 29.8. The molecule has 0 unspecified atom stereocenters. The summed E-state index contributed by atoms with van der Waals surface area (Å²) in [5, 5.41) is 5.11. The average molecular weight is 717 g/mol. The molecule has 2 nitrogen and oxygen atoms in total. The van der Waals surface area contributed by atoms with Crippen molar-refractivity contribution in [2.24, 2.45) is 0 Å². The molecule has 0 atom stereocenters. The molecule has 1 aliphatic rings. The molecule has 8 aromatic carbocycles. The lowest BCUT2D eigenvalue weighted by Gasteiger charge is -2.42. The molecular formula is C52H32N2S. The summed E-state index contributed by atoms with van der Waals surface area (Å²) in [7, 11) is 0. The summed E-state index contributed by atoms with van der Waals surface area (Å²) in [6.07, 6.45) is 0. The molecule has 0 fully saturated rings. The Hall–Kier alpha value is -6.81. The molecule has 3 aromatic heterocycles. The van der Waals surface area contributed by atoms with Crippen LogP contribution >= 0.6 is 11.3 Å². The summed E-state index contributed by atoms with van der Waals surface area (Å²) in [6, 6.07) is 71.6. The number of imidazole rings is 1. The number of thiophene rings is 1. The van der Waals surface area contributed by atoms with Crippen molar-refractivity contribution in [3.05, 3.63) is 216 Å². The Morgan fingerprint density at radius 3 is 1.96 bits per heavy atom. The number of hydrogen-bond acceptors (Lipinski definition) is 2. The van der Waals surface area contributed by atoms with Gasteiger partial charge in [0.2, 0.25) is 0 Å². The lowest BCUT2D eigenvalue weighted by atomic mass is 9.59. The Morgan fingerprint density at radius 1 is 0.473 bits per heavy atom. The van der Waals surface area contributed by atoms with Crippen LogP contribution < -0.4 is 0 Å².